The van der Waals surface area contributed by atoms with Gasteiger partial charge in [0, 0.05) is 6.08 Å². The normalized spacial score (nSPS) is 17.4. The van der Waals surface area contributed by atoms with Crippen LogP contribution in [0.1, 0.15) is 19.4 Å². The molecule has 1 heterocycles. The summed E-state index contributed by atoms with van der Waals surface area (Å²) in [6.07, 6.45) is 3.30. The van der Waals surface area contributed by atoms with Gasteiger partial charge in [-0.25, -0.2) is 0 Å². The van der Waals surface area contributed by atoms with Crippen LogP contribution in [-0.4, -0.2) is 41.7 Å². The van der Waals surface area contributed by atoms with E-state index in [9.17, 15) is 9.90 Å². The number of hydrogen-bond donors (Lipinski definition) is 1. The fraction of sp³-hybridized carbons (Fsp3) is 0.438. The second-order valence-electron chi connectivity index (χ2n) is 5.56. The number of ether oxygens (including phenoxy) is 1. The zero-order valence-corrected chi connectivity index (χ0v) is 12.2. The summed E-state index contributed by atoms with van der Waals surface area (Å²) in [5.74, 6) is 0.852. The quantitative estimate of drug-likeness (QED) is 0.854. The molecule has 1 N–H and O–H groups in total. The van der Waals surface area contributed by atoms with Gasteiger partial charge in [0.25, 0.3) is 0 Å². The molecule has 4 heteroatoms. The van der Waals surface area contributed by atoms with Gasteiger partial charge in [0.15, 0.2) is 0 Å². The SMILES string of the molecule is COc1cccc(C=CC(=O)N2CC(O)(C(C)C)C2)c1. The van der Waals surface area contributed by atoms with E-state index in [0.717, 1.165) is 11.3 Å². The maximum Gasteiger partial charge on any atom is 0.246 e. The van der Waals surface area contributed by atoms with E-state index in [2.05, 4.69) is 0 Å². The van der Waals surface area contributed by atoms with Crippen LogP contribution in [0, 0.1) is 5.92 Å². The molecule has 1 saturated heterocycles. The van der Waals surface area contributed by atoms with E-state index in [1.165, 1.54) is 6.08 Å². The minimum absolute atomic E-state index is 0.0712. The average Bonchev–Trinajstić information content (AvgIpc) is 2.41. The Kier molecular flexibility index (Phi) is 4.14. The summed E-state index contributed by atoms with van der Waals surface area (Å²) in [6, 6.07) is 7.51. The first-order chi connectivity index (χ1) is 9.44. The van der Waals surface area contributed by atoms with Gasteiger partial charge in [0.05, 0.1) is 20.2 Å². The third kappa shape index (κ3) is 3.02. The number of benzene rings is 1. The van der Waals surface area contributed by atoms with Crippen molar-refractivity contribution < 1.29 is 14.6 Å². The molecule has 108 valence electrons. The number of nitrogens with zero attached hydrogens (tertiary/aromatic N) is 1. The van der Waals surface area contributed by atoms with E-state index in [0.29, 0.717) is 13.1 Å². The number of likely N-dealkylation sites (tertiary alicyclic amines) is 1. The highest BCUT2D eigenvalue weighted by Crippen LogP contribution is 2.28. The number of aliphatic hydroxyl groups is 1. The van der Waals surface area contributed by atoms with Crippen LogP contribution in [0.15, 0.2) is 30.3 Å². The molecule has 1 fully saturated rings. The second kappa shape index (κ2) is 5.67. The Balaban J connectivity index is 1.94. The largest absolute Gasteiger partial charge is 0.497 e. The van der Waals surface area contributed by atoms with Gasteiger partial charge in [-0.05, 0) is 29.7 Å². The molecular weight excluding hydrogens is 254 g/mol. The monoisotopic (exact) mass is 275 g/mol. The van der Waals surface area contributed by atoms with Crippen LogP contribution in [0.4, 0.5) is 0 Å². The molecule has 1 aliphatic heterocycles. The Bertz CT molecular complexity index is 516. The molecular formula is C16H21NO3. The molecule has 0 spiro atoms. The summed E-state index contributed by atoms with van der Waals surface area (Å²) >= 11 is 0. The second-order valence-corrected chi connectivity index (χ2v) is 5.56. The first-order valence-corrected chi connectivity index (χ1v) is 6.78. The summed E-state index contributed by atoms with van der Waals surface area (Å²) in [5, 5.41) is 10.1. The molecule has 0 bridgehead atoms. The number of amides is 1. The average molecular weight is 275 g/mol. The summed E-state index contributed by atoms with van der Waals surface area (Å²) in [7, 11) is 1.61. The van der Waals surface area contributed by atoms with Crippen LogP contribution in [-0.2, 0) is 4.79 Å². The first-order valence-electron chi connectivity index (χ1n) is 6.78. The van der Waals surface area contributed by atoms with Crippen molar-refractivity contribution >= 4 is 12.0 Å². The zero-order chi connectivity index (χ0) is 14.8. The molecule has 1 aromatic rings. The number of carbonyl (C=O) groups excluding carboxylic acids is 1. The molecule has 2 rings (SSSR count). The Morgan fingerprint density at radius 2 is 2.15 bits per heavy atom. The highest BCUT2D eigenvalue weighted by molar-refractivity contribution is 5.92. The van der Waals surface area contributed by atoms with E-state index in [4.69, 9.17) is 4.74 Å². The van der Waals surface area contributed by atoms with Gasteiger partial charge in [0.2, 0.25) is 5.91 Å². The minimum atomic E-state index is -0.723. The van der Waals surface area contributed by atoms with Gasteiger partial charge in [-0.15, -0.1) is 0 Å². The van der Waals surface area contributed by atoms with Gasteiger partial charge in [-0.2, -0.15) is 0 Å². The Morgan fingerprint density at radius 1 is 1.45 bits per heavy atom. The fourth-order valence-electron chi connectivity index (χ4n) is 2.15. The van der Waals surface area contributed by atoms with Crippen molar-refractivity contribution in [2.75, 3.05) is 20.2 Å². The zero-order valence-electron chi connectivity index (χ0n) is 12.2. The van der Waals surface area contributed by atoms with Crippen molar-refractivity contribution in [2.24, 2.45) is 5.92 Å². The Morgan fingerprint density at radius 3 is 2.75 bits per heavy atom. The number of β-amino-alcohol motifs (C(OH)–C–C–N with tert-alkyl or cyclic N) is 1. The molecule has 1 aromatic carbocycles. The third-order valence-corrected chi connectivity index (χ3v) is 3.83. The van der Waals surface area contributed by atoms with Crippen molar-refractivity contribution in [3.05, 3.63) is 35.9 Å². The lowest BCUT2D eigenvalue weighted by molar-refractivity contribution is -0.158. The van der Waals surface area contributed by atoms with Gasteiger partial charge < -0.3 is 14.7 Å². The van der Waals surface area contributed by atoms with Crippen molar-refractivity contribution in [3.8, 4) is 5.75 Å². The predicted octanol–water partition coefficient (Wildman–Crippen LogP) is 1.94. The molecule has 0 aliphatic carbocycles. The summed E-state index contributed by atoms with van der Waals surface area (Å²) in [4.78, 5) is 13.6. The van der Waals surface area contributed by atoms with Gasteiger partial charge in [0.1, 0.15) is 11.4 Å². The molecule has 1 amide bonds. The van der Waals surface area contributed by atoms with Crippen LogP contribution in [0.25, 0.3) is 6.08 Å². The number of hydrogen-bond acceptors (Lipinski definition) is 3. The summed E-state index contributed by atoms with van der Waals surface area (Å²) < 4.78 is 5.13. The van der Waals surface area contributed by atoms with Gasteiger partial charge in [-0.3, -0.25) is 4.79 Å². The number of carbonyl (C=O) groups is 1. The summed E-state index contributed by atoms with van der Waals surface area (Å²) in [6.45, 7) is 4.75. The van der Waals surface area contributed by atoms with E-state index in [1.54, 1.807) is 18.1 Å². The standard InChI is InChI=1S/C16H21NO3/c1-12(2)16(19)10-17(11-16)15(18)8-7-13-5-4-6-14(9-13)20-3/h4-9,12,19H,10-11H2,1-3H3. The van der Waals surface area contributed by atoms with E-state index in [-0.39, 0.29) is 11.8 Å². The molecule has 1 aliphatic rings. The van der Waals surface area contributed by atoms with Crippen LogP contribution in [0.3, 0.4) is 0 Å². The Hall–Kier alpha value is -1.81. The smallest absolute Gasteiger partial charge is 0.246 e. The van der Waals surface area contributed by atoms with Crippen LogP contribution in [0.5, 0.6) is 5.75 Å². The molecule has 0 saturated carbocycles. The number of methoxy groups -OCH3 is 1. The van der Waals surface area contributed by atoms with Crippen molar-refractivity contribution in [1.29, 1.82) is 0 Å². The van der Waals surface area contributed by atoms with Gasteiger partial charge in [-0.1, -0.05) is 26.0 Å². The van der Waals surface area contributed by atoms with E-state index in [1.807, 2.05) is 38.1 Å². The maximum atomic E-state index is 12.0. The molecule has 20 heavy (non-hydrogen) atoms. The lowest BCUT2D eigenvalue weighted by atomic mass is 9.83. The lowest BCUT2D eigenvalue weighted by Gasteiger charge is -2.48. The lowest BCUT2D eigenvalue weighted by Crippen LogP contribution is -2.65. The van der Waals surface area contributed by atoms with E-state index < -0.39 is 5.60 Å². The molecule has 4 nitrogen and oxygen atoms in total. The molecule has 0 aromatic heterocycles. The maximum absolute atomic E-state index is 12.0. The van der Waals surface area contributed by atoms with Crippen molar-refractivity contribution in [2.45, 2.75) is 19.4 Å². The molecule has 0 atom stereocenters. The van der Waals surface area contributed by atoms with Gasteiger partial charge >= 0.3 is 0 Å². The van der Waals surface area contributed by atoms with Crippen LogP contribution < -0.4 is 4.74 Å². The van der Waals surface area contributed by atoms with Crippen molar-refractivity contribution in [1.82, 2.24) is 4.90 Å². The minimum Gasteiger partial charge on any atom is -0.497 e. The first kappa shape index (κ1) is 14.6. The topological polar surface area (TPSA) is 49.8 Å². The van der Waals surface area contributed by atoms with Crippen LogP contribution >= 0.6 is 0 Å². The van der Waals surface area contributed by atoms with Crippen LogP contribution in [0.2, 0.25) is 0 Å². The van der Waals surface area contributed by atoms with E-state index >= 15 is 0 Å². The highest BCUT2D eigenvalue weighted by atomic mass is 16.5. The third-order valence-electron chi connectivity index (χ3n) is 3.83. The molecule has 0 unspecified atom stereocenters. The Labute approximate surface area is 119 Å². The van der Waals surface area contributed by atoms with Crippen molar-refractivity contribution in [3.63, 3.8) is 0 Å². The summed E-state index contributed by atoms with van der Waals surface area (Å²) in [5.41, 5.74) is 0.191. The molecule has 0 radical (unpaired) electrons. The highest BCUT2D eigenvalue weighted by Gasteiger charge is 2.45. The predicted molar refractivity (Wildman–Crippen MR) is 78.4 cm³/mol. The fourth-order valence-corrected chi connectivity index (χ4v) is 2.15. The number of rotatable bonds is 4.